The molecule has 1 rings (SSSR count). The Morgan fingerprint density at radius 1 is 1.27 bits per heavy atom. The van der Waals surface area contributed by atoms with E-state index in [1.165, 1.54) is 50.2 Å². The normalized spacial score (nSPS) is 17.5. The second kappa shape index (κ2) is 7.27. The molecule has 0 aromatic rings. The second-order valence-electron chi connectivity index (χ2n) is 3.85. The summed E-state index contributed by atoms with van der Waals surface area (Å²) in [5.41, 5.74) is 1.47. The summed E-state index contributed by atoms with van der Waals surface area (Å²) < 4.78 is 4.80. The fourth-order valence-corrected chi connectivity index (χ4v) is 1.80. The van der Waals surface area contributed by atoms with Gasteiger partial charge in [0, 0.05) is 6.08 Å². The van der Waals surface area contributed by atoms with Crippen LogP contribution in [0.5, 0.6) is 0 Å². The number of hydrogen-bond acceptors (Lipinski definition) is 2. The molecule has 0 aromatic heterocycles. The standard InChI is InChI=1S/C13H20O2/c1-2-15-13(14)11-7-10-12-8-5-3-4-6-9-12/h7,10-11H,2-6,8-9H2,1H3/b11-7-. The zero-order valence-electron chi connectivity index (χ0n) is 9.50. The molecule has 0 amide bonds. The molecule has 1 saturated carbocycles. The van der Waals surface area contributed by atoms with Gasteiger partial charge in [0.25, 0.3) is 0 Å². The van der Waals surface area contributed by atoms with Gasteiger partial charge in [0.15, 0.2) is 0 Å². The average Bonchev–Trinajstić information content (AvgIpc) is 2.47. The molecule has 0 bridgehead atoms. The maximum Gasteiger partial charge on any atom is 0.330 e. The first-order valence-corrected chi connectivity index (χ1v) is 5.86. The summed E-state index contributed by atoms with van der Waals surface area (Å²) in [6, 6.07) is 0. The van der Waals surface area contributed by atoms with E-state index in [0.717, 1.165) is 0 Å². The molecule has 0 N–H and O–H groups in total. The zero-order valence-corrected chi connectivity index (χ0v) is 9.50. The highest BCUT2D eigenvalue weighted by Crippen LogP contribution is 2.21. The van der Waals surface area contributed by atoms with Crippen molar-refractivity contribution < 1.29 is 9.53 Å². The highest BCUT2D eigenvalue weighted by Gasteiger charge is 2.02. The molecule has 1 aliphatic carbocycles. The quantitative estimate of drug-likeness (QED) is 0.404. The number of rotatable bonds is 3. The van der Waals surface area contributed by atoms with Gasteiger partial charge in [-0.3, -0.25) is 0 Å². The van der Waals surface area contributed by atoms with Gasteiger partial charge in [-0.1, -0.05) is 30.6 Å². The van der Waals surface area contributed by atoms with E-state index in [9.17, 15) is 4.79 Å². The highest BCUT2D eigenvalue weighted by atomic mass is 16.5. The smallest absolute Gasteiger partial charge is 0.330 e. The largest absolute Gasteiger partial charge is 0.463 e. The first-order valence-electron chi connectivity index (χ1n) is 5.86. The SMILES string of the molecule is CCOC(=O)/C=C\C=C1CCCCCC1. The second-order valence-corrected chi connectivity index (χ2v) is 3.85. The number of hydrogen-bond donors (Lipinski definition) is 0. The van der Waals surface area contributed by atoms with Crippen molar-refractivity contribution in [1.82, 2.24) is 0 Å². The van der Waals surface area contributed by atoms with E-state index in [1.807, 2.05) is 13.0 Å². The summed E-state index contributed by atoms with van der Waals surface area (Å²) >= 11 is 0. The summed E-state index contributed by atoms with van der Waals surface area (Å²) in [5.74, 6) is -0.247. The van der Waals surface area contributed by atoms with Crippen molar-refractivity contribution in [2.45, 2.75) is 45.4 Å². The minimum absolute atomic E-state index is 0.247. The van der Waals surface area contributed by atoms with Crippen LogP contribution in [0.2, 0.25) is 0 Å². The molecule has 84 valence electrons. The number of carbonyl (C=O) groups excluding carboxylic acids is 1. The predicted octanol–water partition coefficient (Wildman–Crippen LogP) is 3.39. The van der Waals surface area contributed by atoms with Crippen LogP contribution in [0.4, 0.5) is 0 Å². The molecule has 0 unspecified atom stereocenters. The van der Waals surface area contributed by atoms with Gasteiger partial charge in [-0.2, -0.15) is 0 Å². The van der Waals surface area contributed by atoms with Gasteiger partial charge < -0.3 is 4.74 Å². The van der Waals surface area contributed by atoms with Gasteiger partial charge in [0.05, 0.1) is 6.61 Å². The molecule has 2 nitrogen and oxygen atoms in total. The van der Waals surface area contributed by atoms with Gasteiger partial charge in [0.1, 0.15) is 0 Å². The summed E-state index contributed by atoms with van der Waals surface area (Å²) in [7, 11) is 0. The number of ether oxygens (including phenoxy) is 1. The Morgan fingerprint density at radius 3 is 2.53 bits per heavy atom. The maximum atomic E-state index is 11.0. The molecule has 0 atom stereocenters. The third-order valence-electron chi connectivity index (χ3n) is 2.60. The van der Waals surface area contributed by atoms with Crippen molar-refractivity contribution in [3.8, 4) is 0 Å². The summed E-state index contributed by atoms with van der Waals surface area (Å²) in [6.45, 7) is 2.26. The molecule has 0 aromatic carbocycles. The molecular weight excluding hydrogens is 188 g/mol. The van der Waals surface area contributed by atoms with Crippen molar-refractivity contribution in [3.63, 3.8) is 0 Å². The molecule has 2 heteroatoms. The highest BCUT2D eigenvalue weighted by molar-refractivity contribution is 5.82. The minimum atomic E-state index is -0.247. The number of esters is 1. The third kappa shape index (κ3) is 5.40. The Hall–Kier alpha value is -1.05. The van der Waals surface area contributed by atoms with Crippen LogP contribution in [0.1, 0.15) is 45.4 Å². The van der Waals surface area contributed by atoms with Crippen LogP contribution in [0.25, 0.3) is 0 Å². The van der Waals surface area contributed by atoms with E-state index in [0.29, 0.717) is 6.61 Å². The third-order valence-corrected chi connectivity index (χ3v) is 2.60. The van der Waals surface area contributed by atoms with Crippen molar-refractivity contribution in [1.29, 1.82) is 0 Å². The Balaban J connectivity index is 2.37. The van der Waals surface area contributed by atoms with E-state index in [4.69, 9.17) is 4.74 Å². The van der Waals surface area contributed by atoms with Crippen LogP contribution in [-0.4, -0.2) is 12.6 Å². The molecule has 0 spiro atoms. The van der Waals surface area contributed by atoms with Gasteiger partial charge in [-0.15, -0.1) is 0 Å². The van der Waals surface area contributed by atoms with E-state index in [-0.39, 0.29) is 5.97 Å². The van der Waals surface area contributed by atoms with Crippen molar-refractivity contribution in [3.05, 3.63) is 23.8 Å². The Labute approximate surface area is 92.0 Å². The fraction of sp³-hybridized carbons (Fsp3) is 0.615. The Morgan fingerprint density at radius 2 is 1.93 bits per heavy atom. The average molecular weight is 208 g/mol. The lowest BCUT2D eigenvalue weighted by Crippen LogP contribution is -1.98. The van der Waals surface area contributed by atoms with Gasteiger partial charge >= 0.3 is 5.97 Å². The fourth-order valence-electron chi connectivity index (χ4n) is 1.80. The number of allylic oxidation sites excluding steroid dienone is 3. The number of carbonyl (C=O) groups is 1. The topological polar surface area (TPSA) is 26.3 Å². The van der Waals surface area contributed by atoms with Gasteiger partial charge in [-0.25, -0.2) is 4.79 Å². The molecule has 0 saturated heterocycles. The van der Waals surface area contributed by atoms with Crippen molar-refractivity contribution in [2.24, 2.45) is 0 Å². The van der Waals surface area contributed by atoms with Crippen LogP contribution in [0.15, 0.2) is 23.8 Å². The summed E-state index contributed by atoms with van der Waals surface area (Å²) in [5, 5.41) is 0. The monoisotopic (exact) mass is 208 g/mol. The molecule has 0 heterocycles. The van der Waals surface area contributed by atoms with Crippen LogP contribution in [-0.2, 0) is 9.53 Å². The summed E-state index contributed by atoms with van der Waals surface area (Å²) in [6.07, 6.45) is 13.0. The Bertz CT molecular complexity index is 241. The molecule has 1 fully saturated rings. The minimum Gasteiger partial charge on any atom is -0.463 e. The molecule has 0 aliphatic heterocycles. The van der Waals surface area contributed by atoms with Crippen molar-refractivity contribution >= 4 is 5.97 Å². The van der Waals surface area contributed by atoms with Crippen LogP contribution in [0.3, 0.4) is 0 Å². The zero-order chi connectivity index (χ0) is 10.9. The van der Waals surface area contributed by atoms with Crippen molar-refractivity contribution in [2.75, 3.05) is 6.61 Å². The van der Waals surface area contributed by atoms with E-state index in [1.54, 1.807) is 0 Å². The molecule has 0 radical (unpaired) electrons. The maximum absolute atomic E-state index is 11.0. The summed E-state index contributed by atoms with van der Waals surface area (Å²) in [4.78, 5) is 11.0. The lowest BCUT2D eigenvalue weighted by Gasteiger charge is -1.99. The Kier molecular flexibility index (Phi) is 5.83. The van der Waals surface area contributed by atoms with Gasteiger partial charge in [0.2, 0.25) is 0 Å². The first-order chi connectivity index (χ1) is 7.33. The lowest BCUT2D eigenvalue weighted by molar-refractivity contribution is -0.137. The molecule has 1 aliphatic rings. The van der Waals surface area contributed by atoms with Crippen LogP contribution in [0, 0.1) is 0 Å². The molecule has 15 heavy (non-hydrogen) atoms. The predicted molar refractivity (Wildman–Crippen MR) is 61.6 cm³/mol. The lowest BCUT2D eigenvalue weighted by atomic mass is 10.1. The van der Waals surface area contributed by atoms with Crippen LogP contribution < -0.4 is 0 Å². The van der Waals surface area contributed by atoms with E-state index < -0.39 is 0 Å². The first kappa shape index (κ1) is 12.0. The van der Waals surface area contributed by atoms with E-state index in [2.05, 4.69) is 6.08 Å². The van der Waals surface area contributed by atoms with Crippen LogP contribution >= 0.6 is 0 Å². The molecular formula is C13H20O2. The van der Waals surface area contributed by atoms with E-state index >= 15 is 0 Å². The van der Waals surface area contributed by atoms with Gasteiger partial charge in [-0.05, 0) is 32.6 Å².